The minimum absolute atomic E-state index is 0.0677. The molecule has 1 amide bonds. The number of aryl methyl sites for hydroxylation is 1. The number of halogens is 1. The molecule has 7 heteroatoms. The Morgan fingerprint density at radius 2 is 2.09 bits per heavy atom. The Balaban J connectivity index is 2.29. The summed E-state index contributed by atoms with van der Waals surface area (Å²) in [5, 5.41) is 3.15. The molecule has 0 saturated carbocycles. The van der Waals surface area contributed by atoms with Gasteiger partial charge in [0.05, 0.1) is 0 Å². The van der Waals surface area contributed by atoms with Crippen molar-refractivity contribution >= 4 is 34.0 Å². The number of benzene rings is 1. The SMILES string of the molecule is Cc1cc[nH]c(=O)c1C(=O)Nc1ccc(Cl)c(C[S@@](C)=O)c1. The highest BCUT2D eigenvalue weighted by Gasteiger charge is 2.14. The number of carbonyl (C=O) groups is 1. The second kappa shape index (κ2) is 6.89. The van der Waals surface area contributed by atoms with Crippen molar-refractivity contribution in [1.82, 2.24) is 4.98 Å². The van der Waals surface area contributed by atoms with Gasteiger partial charge in [0.2, 0.25) is 0 Å². The van der Waals surface area contributed by atoms with Crippen LogP contribution in [0.2, 0.25) is 5.02 Å². The summed E-state index contributed by atoms with van der Waals surface area (Å²) < 4.78 is 11.3. The average molecular weight is 339 g/mol. The third-order valence-corrected chi connectivity index (χ3v) is 4.14. The predicted molar refractivity (Wildman–Crippen MR) is 89.0 cm³/mol. The van der Waals surface area contributed by atoms with Crippen LogP contribution in [0, 0.1) is 6.92 Å². The highest BCUT2D eigenvalue weighted by molar-refractivity contribution is 7.83. The Bertz CT molecular complexity index is 802. The molecular weight excluding hydrogens is 324 g/mol. The van der Waals surface area contributed by atoms with Crippen LogP contribution < -0.4 is 10.9 Å². The second-order valence-electron chi connectivity index (χ2n) is 4.84. The third-order valence-electron chi connectivity index (χ3n) is 3.06. The number of aromatic nitrogens is 1. The Morgan fingerprint density at radius 3 is 2.73 bits per heavy atom. The fourth-order valence-corrected chi connectivity index (χ4v) is 2.98. The van der Waals surface area contributed by atoms with Crippen LogP contribution in [-0.4, -0.2) is 21.4 Å². The van der Waals surface area contributed by atoms with E-state index in [-0.39, 0.29) is 5.56 Å². The highest BCUT2D eigenvalue weighted by atomic mass is 35.5. The van der Waals surface area contributed by atoms with Crippen molar-refractivity contribution in [2.45, 2.75) is 12.7 Å². The number of anilines is 1. The molecule has 0 bridgehead atoms. The first-order valence-electron chi connectivity index (χ1n) is 6.46. The smallest absolute Gasteiger partial charge is 0.261 e. The second-order valence-corrected chi connectivity index (χ2v) is 6.68. The van der Waals surface area contributed by atoms with Gasteiger partial charge in [0, 0.05) is 39.7 Å². The van der Waals surface area contributed by atoms with Crippen molar-refractivity contribution in [3.8, 4) is 0 Å². The number of pyridine rings is 1. The van der Waals surface area contributed by atoms with Gasteiger partial charge in [-0.3, -0.25) is 13.8 Å². The highest BCUT2D eigenvalue weighted by Crippen LogP contribution is 2.22. The fraction of sp³-hybridized carbons (Fsp3) is 0.200. The number of H-pyrrole nitrogens is 1. The van der Waals surface area contributed by atoms with Gasteiger partial charge < -0.3 is 10.3 Å². The number of carbonyl (C=O) groups excluding carboxylic acids is 1. The lowest BCUT2D eigenvalue weighted by Gasteiger charge is -2.09. The zero-order valence-corrected chi connectivity index (χ0v) is 13.7. The van der Waals surface area contributed by atoms with E-state index in [4.69, 9.17) is 11.6 Å². The number of hydrogen-bond donors (Lipinski definition) is 2. The molecule has 0 saturated heterocycles. The molecule has 2 rings (SSSR count). The summed E-state index contributed by atoms with van der Waals surface area (Å²) in [4.78, 5) is 26.5. The van der Waals surface area contributed by atoms with Crippen LogP contribution in [0.25, 0.3) is 0 Å². The molecule has 0 aliphatic rings. The molecule has 116 valence electrons. The van der Waals surface area contributed by atoms with Gasteiger partial charge in [0.1, 0.15) is 5.56 Å². The Morgan fingerprint density at radius 1 is 1.36 bits per heavy atom. The Hall–Kier alpha value is -1.92. The maximum atomic E-state index is 12.3. The van der Waals surface area contributed by atoms with Crippen LogP contribution in [-0.2, 0) is 16.6 Å². The van der Waals surface area contributed by atoms with Crippen LogP contribution in [0.4, 0.5) is 5.69 Å². The first-order chi connectivity index (χ1) is 10.4. The number of rotatable bonds is 4. The number of hydrogen-bond acceptors (Lipinski definition) is 3. The van der Waals surface area contributed by atoms with Crippen molar-refractivity contribution in [1.29, 1.82) is 0 Å². The first kappa shape index (κ1) is 16.5. The molecule has 2 N–H and O–H groups in total. The summed E-state index contributed by atoms with van der Waals surface area (Å²) in [5.41, 5.74) is 1.39. The van der Waals surface area contributed by atoms with Crippen molar-refractivity contribution in [2.75, 3.05) is 11.6 Å². The molecular formula is C15H15ClN2O3S. The Kier molecular flexibility index (Phi) is 5.15. The molecule has 0 spiro atoms. The monoisotopic (exact) mass is 338 g/mol. The lowest BCUT2D eigenvalue weighted by atomic mass is 10.1. The molecule has 1 aromatic carbocycles. The summed E-state index contributed by atoms with van der Waals surface area (Å²) in [6.07, 6.45) is 3.07. The molecule has 0 fully saturated rings. The molecule has 0 unspecified atom stereocenters. The molecule has 1 atom stereocenters. The van der Waals surface area contributed by atoms with Gasteiger partial charge in [-0.1, -0.05) is 11.6 Å². The van der Waals surface area contributed by atoms with Crippen molar-refractivity contribution in [3.05, 3.63) is 62.5 Å². The van der Waals surface area contributed by atoms with Crippen molar-refractivity contribution in [3.63, 3.8) is 0 Å². The van der Waals surface area contributed by atoms with Gasteiger partial charge >= 0.3 is 0 Å². The van der Waals surface area contributed by atoms with Gasteiger partial charge in [-0.15, -0.1) is 0 Å². The summed E-state index contributed by atoms with van der Waals surface area (Å²) >= 11 is 6.04. The summed E-state index contributed by atoms with van der Waals surface area (Å²) in [7, 11) is -1.04. The van der Waals surface area contributed by atoms with Gasteiger partial charge in [-0.05, 0) is 42.3 Å². The summed E-state index contributed by atoms with van der Waals surface area (Å²) in [6.45, 7) is 1.69. The van der Waals surface area contributed by atoms with E-state index in [2.05, 4.69) is 10.3 Å². The van der Waals surface area contributed by atoms with Crippen LogP contribution >= 0.6 is 11.6 Å². The largest absolute Gasteiger partial charge is 0.328 e. The zero-order chi connectivity index (χ0) is 16.3. The Labute approximate surface area is 135 Å². The minimum Gasteiger partial charge on any atom is -0.328 e. The van der Waals surface area contributed by atoms with Gasteiger partial charge in [0.25, 0.3) is 11.5 Å². The van der Waals surface area contributed by atoms with Crippen LogP contribution in [0.15, 0.2) is 35.3 Å². The average Bonchev–Trinajstić information content (AvgIpc) is 2.42. The van der Waals surface area contributed by atoms with Gasteiger partial charge in [-0.25, -0.2) is 0 Å². The number of aromatic amines is 1. The standard InChI is InChI=1S/C15H15ClN2O3S/c1-9-5-6-17-14(19)13(9)15(20)18-11-3-4-12(16)10(7-11)8-22(2)21/h3-7H,8H2,1-2H3,(H,17,19)(H,18,20)/t22-/m1/s1. The van der Waals surface area contributed by atoms with E-state index < -0.39 is 22.3 Å². The van der Waals surface area contributed by atoms with Crippen molar-refractivity contribution in [2.24, 2.45) is 0 Å². The molecule has 2 aromatic rings. The molecule has 0 aliphatic carbocycles. The first-order valence-corrected chi connectivity index (χ1v) is 8.57. The van der Waals surface area contributed by atoms with Crippen molar-refractivity contribution < 1.29 is 9.00 Å². The maximum absolute atomic E-state index is 12.3. The summed E-state index contributed by atoms with van der Waals surface area (Å²) in [6, 6.07) is 6.58. The quantitative estimate of drug-likeness (QED) is 0.898. The molecule has 1 aromatic heterocycles. The molecule has 1 heterocycles. The minimum atomic E-state index is -1.04. The normalized spacial score (nSPS) is 12.0. The molecule has 5 nitrogen and oxygen atoms in total. The third kappa shape index (κ3) is 3.84. The topological polar surface area (TPSA) is 79.0 Å². The van der Waals surface area contributed by atoms with E-state index in [1.54, 1.807) is 37.4 Å². The van der Waals surface area contributed by atoms with Gasteiger partial charge in [0.15, 0.2) is 0 Å². The fourth-order valence-electron chi connectivity index (χ4n) is 2.03. The van der Waals surface area contributed by atoms with E-state index in [9.17, 15) is 13.8 Å². The molecule has 22 heavy (non-hydrogen) atoms. The maximum Gasteiger partial charge on any atom is 0.261 e. The van der Waals surface area contributed by atoms with Gasteiger partial charge in [-0.2, -0.15) is 0 Å². The zero-order valence-electron chi connectivity index (χ0n) is 12.1. The lowest BCUT2D eigenvalue weighted by Crippen LogP contribution is -2.24. The van der Waals surface area contributed by atoms with E-state index in [0.29, 0.717) is 27.6 Å². The number of amides is 1. The van der Waals surface area contributed by atoms with Crippen LogP contribution in [0.3, 0.4) is 0 Å². The predicted octanol–water partition coefficient (Wildman–Crippen LogP) is 2.47. The number of nitrogens with one attached hydrogen (secondary N) is 2. The van der Waals surface area contributed by atoms with Crippen LogP contribution in [0.1, 0.15) is 21.5 Å². The van der Waals surface area contributed by atoms with E-state index in [1.807, 2.05) is 0 Å². The van der Waals surface area contributed by atoms with E-state index >= 15 is 0 Å². The van der Waals surface area contributed by atoms with E-state index in [1.165, 1.54) is 6.20 Å². The summed E-state index contributed by atoms with van der Waals surface area (Å²) in [5.74, 6) is -0.196. The molecule has 0 radical (unpaired) electrons. The molecule has 0 aliphatic heterocycles. The lowest BCUT2D eigenvalue weighted by molar-refractivity contribution is 0.102. The van der Waals surface area contributed by atoms with E-state index in [0.717, 1.165) is 0 Å². The van der Waals surface area contributed by atoms with Crippen LogP contribution in [0.5, 0.6) is 0 Å².